The summed E-state index contributed by atoms with van der Waals surface area (Å²) in [6.07, 6.45) is 1.84. The van der Waals surface area contributed by atoms with E-state index in [2.05, 4.69) is 4.98 Å². The van der Waals surface area contributed by atoms with Crippen LogP contribution in [0.2, 0.25) is 10.2 Å². The van der Waals surface area contributed by atoms with Gasteiger partial charge in [0.25, 0.3) is 5.91 Å². The van der Waals surface area contributed by atoms with Crippen molar-refractivity contribution < 1.29 is 9.53 Å². The third-order valence-electron chi connectivity index (χ3n) is 4.01. The molecule has 6 heteroatoms. The van der Waals surface area contributed by atoms with Crippen molar-refractivity contribution in [2.24, 2.45) is 0 Å². The van der Waals surface area contributed by atoms with Crippen molar-refractivity contribution in [2.45, 2.75) is 18.9 Å². The zero-order chi connectivity index (χ0) is 16.4. The Hall–Kier alpha value is -1.78. The molecule has 1 aromatic heterocycles. The van der Waals surface area contributed by atoms with Gasteiger partial charge in [-0.05, 0) is 42.7 Å². The number of ether oxygens (including phenoxy) is 1. The van der Waals surface area contributed by atoms with E-state index in [1.807, 2.05) is 24.3 Å². The number of benzene rings is 1. The molecule has 120 valence electrons. The number of likely N-dealkylation sites (tertiary alicyclic amines) is 1. The Bertz CT molecular complexity index is 736. The molecule has 1 amide bonds. The summed E-state index contributed by atoms with van der Waals surface area (Å²) in [6, 6.07) is 11.0. The summed E-state index contributed by atoms with van der Waals surface area (Å²) in [4.78, 5) is 18.7. The van der Waals surface area contributed by atoms with Crippen molar-refractivity contribution in [2.75, 3.05) is 13.7 Å². The molecule has 0 bridgehead atoms. The molecular weight excluding hydrogens is 335 g/mol. The van der Waals surface area contributed by atoms with Crippen molar-refractivity contribution in [3.63, 3.8) is 0 Å². The summed E-state index contributed by atoms with van der Waals surface area (Å²) in [6.45, 7) is 0.672. The first-order valence-corrected chi connectivity index (χ1v) is 8.12. The number of hydrogen-bond donors (Lipinski definition) is 0. The highest BCUT2D eigenvalue weighted by molar-refractivity contribution is 6.34. The lowest BCUT2D eigenvalue weighted by Gasteiger charge is -2.25. The number of pyridine rings is 1. The standard InChI is InChI=1S/C17H16Cl2N2O2/c1-23-12-5-2-4-11(10-12)14-6-3-9-21(14)17(22)16-13(18)7-8-15(19)20-16/h2,4-5,7-8,10,14H,3,6,9H2,1H3. The third-order valence-corrected chi connectivity index (χ3v) is 4.52. The van der Waals surface area contributed by atoms with Crippen LogP contribution in [0.5, 0.6) is 5.75 Å². The number of carbonyl (C=O) groups excluding carboxylic acids is 1. The minimum Gasteiger partial charge on any atom is -0.497 e. The van der Waals surface area contributed by atoms with Crippen molar-refractivity contribution >= 4 is 29.1 Å². The summed E-state index contributed by atoms with van der Waals surface area (Å²) in [5, 5.41) is 0.575. The van der Waals surface area contributed by atoms with Crippen LogP contribution in [0.3, 0.4) is 0 Å². The van der Waals surface area contributed by atoms with E-state index in [1.54, 1.807) is 24.1 Å². The number of amides is 1. The first kappa shape index (κ1) is 16.1. The van der Waals surface area contributed by atoms with Crippen LogP contribution in [0.15, 0.2) is 36.4 Å². The van der Waals surface area contributed by atoms with E-state index in [9.17, 15) is 4.79 Å². The average Bonchev–Trinajstić information content (AvgIpc) is 3.06. The Labute approximate surface area is 145 Å². The number of nitrogens with zero attached hydrogens (tertiary/aromatic N) is 2. The topological polar surface area (TPSA) is 42.4 Å². The fourth-order valence-electron chi connectivity index (χ4n) is 2.91. The van der Waals surface area contributed by atoms with Gasteiger partial charge in [-0.1, -0.05) is 35.3 Å². The number of aromatic nitrogens is 1. The minimum atomic E-state index is -0.192. The van der Waals surface area contributed by atoms with Gasteiger partial charge in [0.15, 0.2) is 0 Å². The van der Waals surface area contributed by atoms with E-state index in [-0.39, 0.29) is 22.8 Å². The smallest absolute Gasteiger partial charge is 0.274 e. The molecule has 2 aromatic rings. The third kappa shape index (κ3) is 3.28. The summed E-state index contributed by atoms with van der Waals surface area (Å²) in [5.41, 5.74) is 1.25. The maximum absolute atomic E-state index is 12.8. The molecule has 0 spiro atoms. The fraction of sp³-hybridized carbons (Fsp3) is 0.294. The predicted octanol–water partition coefficient (Wildman–Crippen LogP) is 4.37. The lowest BCUT2D eigenvalue weighted by molar-refractivity contribution is 0.0729. The molecule has 1 unspecified atom stereocenters. The molecular formula is C17H16Cl2N2O2. The average molecular weight is 351 g/mol. The highest BCUT2D eigenvalue weighted by atomic mass is 35.5. The van der Waals surface area contributed by atoms with Gasteiger partial charge in [0.05, 0.1) is 18.2 Å². The van der Waals surface area contributed by atoms with Gasteiger partial charge in [-0.3, -0.25) is 4.79 Å². The number of methoxy groups -OCH3 is 1. The van der Waals surface area contributed by atoms with Gasteiger partial charge in [0.2, 0.25) is 0 Å². The molecule has 1 aliphatic heterocycles. The summed E-state index contributed by atoms with van der Waals surface area (Å²) >= 11 is 12.0. The normalized spacial score (nSPS) is 17.3. The van der Waals surface area contributed by atoms with Gasteiger partial charge in [-0.25, -0.2) is 4.98 Å². The summed E-state index contributed by atoms with van der Waals surface area (Å²) in [5.74, 6) is 0.587. The van der Waals surface area contributed by atoms with Gasteiger partial charge in [0.1, 0.15) is 16.6 Å². The SMILES string of the molecule is COc1cccc(C2CCCN2C(=O)c2nc(Cl)ccc2Cl)c1. The van der Waals surface area contributed by atoms with Crippen LogP contribution in [0, 0.1) is 0 Å². The van der Waals surface area contributed by atoms with Crippen LogP contribution < -0.4 is 4.74 Å². The van der Waals surface area contributed by atoms with Crippen molar-refractivity contribution in [3.05, 3.63) is 57.8 Å². The van der Waals surface area contributed by atoms with Crippen LogP contribution in [0.4, 0.5) is 0 Å². The molecule has 0 saturated carbocycles. The van der Waals surface area contributed by atoms with Gasteiger partial charge in [0, 0.05) is 6.54 Å². The van der Waals surface area contributed by atoms with E-state index in [0.29, 0.717) is 11.6 Å². The van der Waals surface area contributed by atoms with Gasteiger partial charge in [-0.15, -0.1) is 0 Å². The number of carbonyl (C=O) groups is 1. The maximum Gasteiger partial charge on any atom is 0.274 e. The van der Waals surface area contributed by atoms with E-state index >= 15 is 0 Å². The second-order valence-electron chi connectivity index (χ2n) is 5.40. The monoisotopic (exact) mass is 350 g/mol. The first-order chi connectivity index (χ1) is 11.1. The molecule has 1 aliphatic rings. The summed E-state index contributed by atoms with van der Waals surface area (Å²) < 4.78 is 5.28. The molecule has 0 N–H and O–H groups in total. The quantitative estimate of drug-likeness (QED) is 0.771. The fourth-order valence-corrected chi connectivity index (χ4v) is 3.24. The number of halogens is 2. The summed E-state index contributed by atoms with van der Waals surface area (Å²) in [7, 11) is 1.63. The largest absolute Gasteiger partial charge is 0.497 e. The molecule has 23 heavy (non-hydrogen) atoms. The molecule has 1 atom stereocenters. The predicted molar refractivity (Wildman–Crippen MR) is 90.3 cm³/mol. The maximum atomic E-state index is 12.8. The van der Waals surface area contributed by atoms with Crippen molar-refractivity contribution in [1.29, 1.82) is 0 Å². The van der Waals surface area contributed by atoms with E-state index in [4.69, 9.17) is 27.9 Å². The molecule has 1 fully saturated rings. The van der Waals surface area contributed by atoms with Crippen LogP contribution >= 0.6 is 23.2 Å². The second-order valence-corrected chi connectivity index (χ2v) is 6.19. The minimum absolute atomic E-state index is 0.00514. The van der Waals surface area contributed by atoms with Crippen LogP contribution in [-0.2, 0) is 0 Å². The van der Waals surface area contributed by atoms with E-state index < -0.39 is 0 Å². The molecule has 0 aliphatic carbocycles. The first-order valence-electron chi connectivity index (χ1n) is 7.37. The lowest BCUT2D eigenvalue weighted by Crippen LogP contribution is -2.31. The number of rotatable bonds is 3. The zero-order valence-electron chi connectivity index (χ0n) is 12.6. The molecule has 1 aromatic carbocycles. The van der Waals surface area contributed by atoms with E-state index in [1.165, 1.54) is 0 Å². The Balaban J connectivity index is 1.91. The van der Waals surface area contributed by atoms with Gasteiger partial charge in [-0.2, -0.15) is 0 Å². The zero-order valence-corrected chi connectivity index (χ0v) is 14.1. The Morgan fingerprint density at radius 1 is 1.30 bits per heavy atom. The van der Waals surface area contributed by atoms with Crippen LogP contribution in [0.1, 0.15) is 34.9 Å². The highest BCUT2D eigenvalue weighted by Gasteiger charge is 2.32. The molecule has 2 heterocycles. The Morgan fingerprint density at radius 2 is 2.13 bits per heavy atom. The lowest BCUT2D eigenvalue weighted by atomic mass is 10.0. The second kappa shape index (κ2) is 6.77. The van der Waals surface area contributed by atoms with Crippen molar-refractivity contribution in [1.82, 2.24) is 9.88 Å². The van der Waals surface area contributed by atoms with Gasteiger partial charge < -0.3 is 9.64 Å². The molecule has 4 nitrogen and oxygen atoms in total. The van der Waals surface area contributed by atoms with Crippen molar-refractivity contribution in [3.8, 4) is 5.75 Å². The van der Waals surface area contributed by atoms with E-state index in [0.717, 1.165) is 24.2 Å². The van der Waals surface area contributed by atoms with Crippen LogP contribution in [0.25, 0.3) is 0 Å². The van der Waals surface area contributed by atoms with Gasteiger partial charge >= 0.3 is 0 Å². The molecule has 0 radical (unpaired) electrons. The Kier molecular flexibility index (Phi) is 4.74. The van der Waals surface area contributed by atoms with Crippen LogP contribution in [-0.4, -0.2) is 29.4 Å². The highest BCUT2D eigenvalue weighted by Crippen LogP contribution is 2.35. The number of hydrogen-bond acceptors (Lipinski definition) is 3. The molecule has 1 saturated heterocycles. The Morgan fingerprint density at radius 3 is 2.91 bits per heavy atom. The molecule has 3 rings (SSSR count).